The van der Waals surface area contributed by atoms with Gasteiger partial charge in [0.25, 0.3) is 5.91 Å². The van der Waals surface area contributed by atoms with E-state index in [-0.39, 0.29) is 24.1 Å². The summed E-state index contributed by atoms with van der Waals surface area (Å²) in [5.74, 6) is 0.410. The van der Waals surface area contributed by atoms with Crippen molar-refractivity contribution in [3.05, 3.63) is 23.7 Å². The lowest BCUT2D eigenvalue weighted by molar-refractivity contribution is -0.137. The van der Waals surface area contributed by atoms with Gasteiger partial charge in [-0.05, 0) is 24.8 Å². The molecule has 1 atom stereocenters. The van der Waals surface area contributed by atoms with E-state index in [0.717, 1.165) is 12.2 Å². The van der Waals surface area contributed by atoms with Crippen LogP contribution in [-0.2, 0) is 10.5 Å². The molecule has 6 heteroatoms. The summed E-state index contributed by atoms with van der Waals surface area (Å²) in [5, 5.41) is 11.5. The number of hydrogen-bond donors (Lipinski definition) is 2. The summed E-state index contributed by atoms with van der Waals surface area (Å²) in [6.45, 7) is 1.95. The summed E-state index contributed by atoms with van der Waals surface area (Å²) in [7, 11) is 0. The van der Waals surface area contributed by atoms with E-state index in [0.29, 0.717) is 12.2 Å². The topological polar surface area (TPSA) is 79.5 Å². The van der Waals surface area contributed by atoms with Crippen molar-refractivity contribution >= 4 is 23.6 Å². The van der Waals surface area contributed by atoms with E-state index in [9.17, 15) is 9.59 Å². The second-order valence-electron chi connectivity index (χ2n) is 4.26. The van der Waals surface area contributed by atoms with E-state index >= 15 is 0 Å². The molecule has 106 valence electrons. The van der Waals surface area contributed by atoms with Crippen molar-refractivity contribution in [1.29, 1.82) is 0 Å². The first kappa shape index (κ1) is 15.6. The van der Waals surface area contributed by atoms with Crippen molar-refractivity contribution in [2.75, 3.05) is 6.26 Å². The van der Waals surface area contributed by atoms with Gasteiger partial charge >= 0.3 is 5.97 Å². The number of furan rings is 1. The Bertz CT molecular complexity index is 430. The largest absolute Gasteiger partial charge is 0.481 e. The molecule has 0 bridgehead atoms. The van der Waals surface area contributed by atoms with Crippen LogP contribution in [-0.4, -0.2) is 29.3 Å². The molecule has 0 aliphatic rings. The Morgan fingerprint density at radius 1 is 1.47 bits per heavy atom. The quantitative estimate of drug-likeness (QED) is 0.767. The van der Waals surface area contributed by atoms with Gasteiger partial charge in [0.1, 0.15) is 5.76 Å². The van der Waals surface area contributed by atoms with E-state index in [1.165, 1.54) is 0 Å². The number of amides is 1. The number of carbonyl (C=O) groups excluding carboxylic acids is 1. The van der Waals surface area contributed by atoms with Crippen LogP contribution in [0.5, 0.6) is 0 Å². The molecule has 0 radical (unpaired) electrons. The van der Waals surface area contributed by atoms with Gasteiger partial charge in [0.2, 0.25) is 0 Å². The normalized spacial score (nSPS) is 12.1. The summed E-state index contributed by atoms with van der Waals surface area (Å²) in [4.78, 5) is 22.6. The van der Waals surface area contributed by atoms with Crippen LogP contribution >= 0.6 is 11.8 Å². The fourth-order valence-corrected chi connectivity index (χ4v) is 2.20. The van der Waals surface area contributed by atoms with Gasteiger partial charge in [0.05, 0.1) is 12.2 Å². The summed E-state index contributed by atoms with van der Waals surface area (Å²) >= 11 is 1.61. The average Bonchev–Trinajstić information content (AvgIpc) is 2.77. The van der Waals surface area contributed by atoms with Gasteiger partial charge in [-0.15, -0.1) is 0 Å². The molecule has 1 aromatic rings. The van der Waals surface area contributed by atoms with Gasteiger partial charge in [-0.25, -0.2) is 0 Å². The Labute approximate surface area is 116 Å². The monoisotopic (exact) mass is 285 g/mol. The SMILES string of the molecule is CCCC(CC(=O)O)NC(=O)c1ccc(CSC)o1. The third-order valence-corrected chi connectivity index (χ3v) is 3.14. The summed E-state index contributed by atoms with van der Waals surface area (Å²) in [6, 6.07) is 3.02. The lowest BCUT2D eigenvalue weighted by Crippen LogP contribution is -2.36. The fraction of sp³-hybridized carbons (Fsp3) is 0.538. The molecular formula is C13H19NO4S. The minimum atomic E-state index is -0.915. The fourth-order valence-electron chi connectivity index (χ4n) is 1.76. The predicted octanol–water partition coefficient (Wildman–Crippen LogP) is 2.52. The number of carboxylic acids is 1. The number of thioether (sulfide) groups is 1. The molecule has 1 unspecified atom stereocenters. The molecule has 5 nitrogen and oxygen atoms in total. The third-order valence-electron chi connectivity index (χ3n) is 2.57. The first-order chi connectivity index (χ1) is 9.06. The number of rotatable bonds is 8. The van der Waals surface area contributed by atoms with Crippen LogP contribution in [0.25, 0.3) is 0 Å². The Morgan fingerprint density at radius 2 is 2.21 bits per heavy atom. The minimum absolute atomic E-state index is 0.0715. The Morgan fingerprint density at radius 3 is 2.79 bits per heavy atom. The van der Waals surface area contributed by atoms with Crippen molar-refractivity contribution in [2.45, 2.75) is 38.0 Å². The van der Waals surface area contributed by atoms with Crippen LogP contribution in [0.1, 0.15) is 42.5 Å². The standard InChI is InChI=1S/C13H19NO4S/c1-3-4-9(7-12(15)16)14-13(17)11-6-5-10(18-11)8-19-2/h5-6,9H,3-4,7-8H2,1-2H3,(H,14,17)(H,15,16). The molecule has 1 amide bonds. The van der Waals surface area contributed by atoms with Crippen molar-refractivity contribution in [3.63, 3.8) is 0 Å². The molecular weight excluding hydrogens is 266 g/mol. The number of aliphatic carboxylic acids is 1. The number of carbonyl (C=O) groups is 2. The minimum Gasteiger partial charge on any atom is -0.481 e. The molecule has 0 spiro atoms. The molecule has 0 aliphatic heterocycles. The van der Waals surface area contributed by atoms with Crippen LogP contribution in [0.3, 0.4) is 0 Å². The number of nitrogens with one attached hydrogen (secondary N) is 1. The smallest absolute Gasteiger partial charge is 0.305 e. The van der Waals surface area contributed by atoms with Gasteiger partial charge in [0.15, 0.2) is 5.76 Å². The molecule has 0 saturated heterocycles. The third kappa shape index (κ3) is 5.38. The number of hydrogen-bond acceptors (Lipinski definition) is 4. The van der Waals surface area contributed by atoms with Gasteiger partial charge in [-0.1, -0.05) is 13.3 Å². The van der Waals surface area contributed by atoms with E-state index in [4.69, 9.17) is 9.52 Å². The first-order valence-corrected chi connectivity index (χ1v) is 7.56. The highest BCUT2D eigenvalue weighted by molar-refractivity contribution is 7.97. The van der Waals surface area contributed by atoms with E-state index in [2.05, 4.69) is 5.32 Å². The van der Waals surface area contributed by atoms with E-state index in [1.807, 2.05) is 13.2 Å². The second kappa shape index (κ2) is 7.89. The Kier molecular flexibility index (Phi) is 6.49. The molecule has 19 heavy (non-hydrogen) atoms. The zero-order chi connectivity index (χ0) is 14.3. The van der Waals surface area contributed by atoms with Crippen molar-refractivity contribution < 1.29 is 19.1 Å². The lowest BCUT2D eigenvalue weighted by atomic mass is 10.1. The second-order valence-corrected chi connectivity index (χ2v) is 5.12. The summed E-state index contributed by atoms with van der Waals surface area (Å²) in [6.07, 6.45) is 3.33. The van der Waals surface area contributed by atoms with E-state index in [1.54, 1.807) is 23.9 Å². The molecule has 2 N–H and O–H groups in total. The van der Waals surface area contributed by atoms with Crippen molar-refractivity contribution in [3.8, 4) is 0 Å². The summed E-state index contributed by atoms with van der Waals surface area (Å²) in [5.41, 5.74) is 0. The van der Waals surface area contributed by atoms with Crippen LogP contribution in [0, 0.1) is 0 Å². The van der Waals surface area contributed by atoms with Crippen LogP contribution < -0.4 is 5.32 Å². The first-order valence-electron chi connectivity index (χ1n) is 6.17. The highest BCUT2D eigenvalue weighted by Gasteiger charge is 2.18. The zero-order valence-corrected chi connectivity index (χ0v) is 12.0. The average molecular weight is 285 g/mol. The van der Waals surface area contributed by atoms with Crippen LogP contribution in [0.4, 0.5) is 0 Å². The lowest BCUT2D eigenvalue weighted by Gasteiger charge is -2.14. The Balaban J connectivity index is 2.61. The maximum atomic E-state index is 11.9. The number of carboxylic acid groups (broad SMARTS) is 1. The molecule has 1 heterocycles. The Hall–Kier alpha value is -1.43. The molecule has 0 saturated carbocycles. The highest BCUT2D eigenvalue weighted by atomic mass is 32.2. The predicted molar refractivity (Wildman–Crippen MR) is 74.3 cm³/mol. The summed E-state index contributed by atoms with van der Waals surface area (Å²) < 4.78 is 5.39. The molecule has 0 aliphatic carbocycles. The molecule has 1 aromatic heterocycles. The highest BCUT2D eigenvalue weighted by Crippen LogP contribution is 2.14. The van der Waals surface area contributed by atoms with Crippen LogP contribution in [0.2, 0.25) is 0 Å². The van der Waals surface area contributed by atoms with Gasteiger partial charge in [0, 0.05) is 6.04 Å². The van der Waals surface area contributed by atoms with Gasteiger partial charge in [-0.2, -0.15) is 11.8 Å². The molecule has 1 rings (SSSR count). The van der Waals surface area contributed by atoms with Crippen molar-refractivity contribution in [2.24, 2.45) is 0 Å². The van der Waals surface area contributed by atoms with Crippen LogP contribution in [0.15, 0.2) is 16.5 Å². The van der Waals surface area contributed by atoms with E-state index < -0.39 is 5.97 Å². The van der Waals surface area contributed by atoms with Gasteiger partial charge in [-0.3, -0.25) is 9.59 Å². The molecule has 0 aromatic carbocycles. The maximum absolute atomic E-state index is 11.9. The zero-order valence-electron chi connectivity index (χ0n) is 11.1. The van der Waals surface area contributed by atoms with Gasteiger partial charge < -0.3 is 14.8 Å². The molecule has 0 fully saturated rings. The van der Waals surface area contributed by atoms with Crippen molar-refractivity contribution in [1.82, 2.24) is 5.32 Å². The maximum Gasteiger partial charge on any atom is 0.305 e.